The van der Waals surface area contributed by atoms with Crippen LogP contribution in [0.3, 0.4) is 0 Å². The molecule has 1 heterocycles. The van der Waals surface area contributed by atoms with E-state index < -0.39 is 0 Å². The van der Waals surface area contributed by atoms with Gasteiger partial charge in [-0.05, 0) is 6.32 Å². The molecule has 0 saturated carbocycles. The molecule has 0 fully saturated rings. The van der Waals surface area contributed by atoms with Crippen molar-refractivity contribution in [3.63, 3.8) is 0 Å². The van der Waals surface area contributed by atoms with E-state index in [1.165, 1.54) is 6.20 Å². The zero-order valence-corrected chi connectivity index (χ0v) is 5.41. The molecule has 0 aliphatic carbocycles. The van der Waals surface area contributed by atoms with E-state index in [2.05, 4.69) is 9.97 Å². The van der Waals surface area contributed by atoms with Gasteiger partial charge in [0, 0.05) is 11.8 Å². The van der Waals surface area contributed by atoms with E-state index in [0.29, 0.717) is 23.4 Å². The molecule has 3 nitrogen and oxygen atoms in total. The van der Waals surface area contributed by atoms with Crippen LogP contribution < -0.4 is 11.3 Å². The topological polar surface area (TPSA) is 51.8 Å². The highest BCUT2D eigenvalue weighted by molar-refractivity contribution is 6.30. The fraction of sp³-hybridized carbons (Fsp3) is 0.200. The van der Waals surface area contributed by atoms with E-state index in [-0.39, 0.29) is 0 Å². The van der Waals surface area contributed by atoms with Crippen molar-refractivity contribution in [2.24, 2.45) is 0 Å². The Morgan fingerprint density at radius 2 is 2.30 bits per heavy atom. The first-order chi connectivity index (χ1) is 4.74. The fourth-order valence-electron chi connectivity index (χ4n) is 0.600. The maximum absolute atomic E-state index is 5.40. The molecule has 0 bridgehead atoms. The minimum absolute atomic E-state index is 0.291. The minimum atomic E-state index is 0.291. The average Bonchev–Trinajstić information content (AvgIpc) is 1.88. The quantitative estimate of drug-likeness (QED) is 0.470. The van der Waals surface area contributed by atoms with Crippen LogP contribution in [-0.2, 0) is 6.32 Å². The van der Waals surface area contributed by atoms with Crippen molar-refractivity contribution in [2.75, 3.05) is 5.73 Å². The fourth-order valence-corrected chi connectivity index (χ4v) is 0.600. The Hall–Kier alpha value is -0.990. The van der Waals surface area contributed by atoms with Crippen LogP contribution >= 0.6 is 0 Å². The molecule has 0 amide bonds. The van der Waals surface area contributed by atoms with Crippen molar-refractivity contribution < 1.29 is 0 Å². The molecular weight excluding hydrogens is 124 g/mol. The monoisotopic (exact) mass is 129 g/mol. The Bertz CT molecular complexity index is 238. The molecule has 0 saturated heterocycles. The Labute approximate surface area is 61.9 Å². The molecule has 10 heavy (non-hydrogen) atoms. The number of rotatable bonds is 1. The highest BCUT2D eigenvalue weighted by atomic mass is 14.9. The standard InChI is InChI=1S/C5H5B2N3/c6-1-3-5(8)10-4(7)2-9-3/h2H,1H2,(H2,8,10). The summed E-state index contributed by atoms with van der Waals surface area (Å²) in [5.41, 5.74) is 6.29. The second-order valence-corrected chi connectivity index (χ2v) is 1.83. The Morgan fingerprint density at radius 3 is 2.80 bits per heavy atom. The maximum atomic E-state index is 5.40. The molecule has 1 aromatic rings. The molecule has 1 rings (SSSR count). The molecule has 1 aromatic heterocycles. The lowest BCUT2D eigenvalue weighted by Crippen LogP contribution is -2.14. The number of hydrogen-bond acceptors (Lipinski definition) is 3. The Kier molecular flexibility index (Phi) is 1.94. The van der Waals surface area contributed by atoms with Crippen molar-refractivity contribution in [3.8, 4) is 0 Å². The van der Waals surface area contributed by atoms with Gasteiger partial charge in [-0.2, -0.15) is 0 Å². The molecule has 5 heteroatoms. The lowest BCUT2D eigenvalue weighted by molar-refractivity contribution is 1.13. The highest BCUT2D eigenvalue weighted by Crippen LogP contribution is 1.99. The zero-order valence-electron chi connectivity index (χ0n) is 5.41. The van der Waals surface area contributed by atoms with Crippen LogP contribution in [0.4, 0.5) is 5.82 Å². The van der Waals surface area contributed by atoms with E-state index in [4.69, 9.17) is 21.4 Å². The lowest BCUT2D eigenvalue weighted by atomic mass is 10.0. The van der Waals surface area contributed by atoms with Crippen molar-refractivity contribution in [2.45, 2.75) is 6.32 Å². The smallest absolute Gasteiger partial charge is 0.144 e. The molecule has 2 N–H and O–H groups in total. The van der Waals surface area contributed by atoms with Crippen molar-refractivity contribution >= 4 is 27.1 Å². The van der Waals surface area contributed by atoms with Crippen LogP contribution in [0.1, 0.15) is 5.69 Å². The summed E-state index contributed by atoms with van der Waals surface area (Å²) < 4.78 is 0. The van der Waals surface area contributed by atoms with Gasteiger partial charge in [0.2, 0.25) is 0 Å². The average molecular weight is 129 g/mol. The van der Waals surface area contributed by atoms with Gasteiger partial charge in [-0.15, -0.1) is 0 Å². The van der Waals surface area contributed by atoms with Crippen LogP contribution in [0, 0.1) is 0 Å². The molecule has 0 aliphatic rings. The molecule has 4 radical (unpaired) electrons. The number of aromatic nitrogens is 2. The van der Waals surface area contributed by atoms with Crippen molar-refractivity contribution in [3.05, 3.63) is 11.9 Å². The normalized spacial score (nSPS) is 9.60. The van der Waals surface area contributed by atoms with Gasteiger partial charge in [0.1, 0.15) is 13.7 Å². The number of anilines is 1. The summed E-state index contributed by atoms with van der Waals surface area (Å²) in [6, 6.07) is 0. The summed E-state index contributed by atoms with van der Waals surface area (Å²) in [6.07, 6.45) is 1.72. The maximum Gasteiger partial charge on any atom is 0.144 e. The van der Waals surface area contributed by atoms with Crippen LogP contribution in [0.2, 0.25) is 0 Å². The summed E-state index contributed by atoms with van der Waals surface area (Å²) in [6.45, 7) is 0. The predicted octanol–water partition coefficient (Wildman–Crippen LogP) is -1.48. The van der Waals surface area contributed by atoms with Crippen molar-refractivity contribution in [1.29, 1.82) is 0 Å². The molecular formula is C5H5B2N3. The number of nitrogens with two attached hydrogens (primary N) is 1. The van der Waals surface area contributed by atoms with Gasteiger partial charge in [0.15, 0.2) is 0 Å². The van der Waals surface area contributed by atoms with E-state index in [1.807, 2.05) is 0 Å². The zero-order chi connectivity index (χ0) is 7.56. The SMILES string of the molecule is [B]Cc1ncc([B])nc1N. The van der Waals surface area contributed by atoms with Crippen molar-refractivity contribution in [1.82, 2.24) is 9.97 Å². The molecule has 0 atom stereocenters. The molecule has 0 unspecified atom stereocenters. The number of nitrogens with zero attached hydrogens (tertiary/aromatic N) is 2. The Morgan fingerprint density at radius 1 is 1.60 bits per heavy atom. The van der Waals surface area contributed by atoms with E-state index in [0.717, 1.165) is 0 Å². The number of nitrogen functional groups attached to an aromatic ring is 1. The van der Waals surface area contributed by atoms with Gasteiger partial charge in [-0.3, -0.25) is 4.98 Å². The van der Waals surface area contributed by atoms with E-state index >= 15 is 0 Å². The van der Waals surface area contributed by atoms with Gasteiger partial charge in [0.05, 0.1) is 13.5 Å². The lowest BCUT2D eigenvalue weighted by Gasteiger charge is -2.00. The molecule has 46 valence electrons. The molecule has 0 aliphatic heterocycles. The molecule has 0 aromatic carbocycles. The first-order valence-electron chi connectivity index (χ1n) is 2.81. The van der Waals surface area contributed by atoms with Gasteiger partial charge >= 0.3 is 0 Å². The third-order valence-electron chi connectivity index (χ3n) is 1.09. The van der Waals surface area contributed by atoms with Crippen LogP contribution in [0.15, 0.2) is 6.20 Å². The van der Waals surface area contributed by atoms with E-state index in [9.17, 15) is 0 Å². The predicted molar refractivity (Wildman–Crippen MR) is 41.3 cm³/mol. The van der Waals surface area contributed by atoms with Gasteiger partial charge in [-0.25, -0.2) is 4.98 Å². The molecule has 0 spiro atoms. The second-order valence-electron chi connectivity index (χ2n) is 1.83. The second kappa shape index (κ2) is 2.73. The third kappa shape index (κ3) is 1.29. The largest absolute Gasteiger partial charge is 0.382 e. The first-order valence-corrected chi connectivity index (χ1v) is 2.81. The summed E-state index contributed by atoms with van der Waals surface area (Å²) in [4.78, 5) is 7.62. The highest BCUT2D eigenvalue weighted by Gasteiger charge is 1.97. The van der Waals surface area contributed by atoms with E-state index in [1.54, 1.807) is 0 Å². The van der Waals surface area contributed by atoms with Gasteiger partial charge < -0.3 is 5.73 Å². The van der Waals surface area contributed by atoms with Crippen LogP contribution in [0.5, 0.6) is 0 Å². The van der Waals surface area contributed by atoms with Gasteiger partial charge in [0.25, 0.3) is 0 Å². The third-order valence-corrected chi connectivity index (χ3v) is 1.09. The van der Waals surface area contributed by atoms with Crippen LogP contribution in [-0.4, -0.2) is 25.7 Å². The first kappa shape index (κ1) is 7.12. The summed E-state index contributed by atoms with van der Waals surface area (Å²) in [5, 5.41) is 0. The summed E-state index contributed by atoms with van der Waals surface area (Å²) >= 11 is 0. The summed E-state index contributed by atoms with van der Waals surface area (Å²) in [7, 11) is 10.6. The number of hydrogen-bond donors (Lipinski definition) is 1. The minimum Gasteiger partial charge on any atom is -0.382 e. The Balaban J connectivity index is 3.07. The van der Waals surface area contributed by atoms with Gasteiger partial charge in [-0.1, -0.05) is 0 Å². The summed E-state index contributed by atoms with van der Waals surface area (Å²) in [5.74, 6) is 0.308. The van der Waals surface area contributed by atoms with Crippen LogP contribution in [0.25, 0.3) is 0 Å².